The molecule has 2 aliphatic rings. The van der Waals surface area contributed by atoms with Gasteiger partial charge in [0.1, 0.15) is 12.3 Å². The van der Waals surface area contributed by atoms with Gasteiger partial charge in [0.25, 0.3) is 0 Å². The SMILES string of the molecule is COc1ccc(NC(=O)N2CC(=O)N3[C@H](C2)[C@@H](c2ccc(/C=C/c4ccccc4)cc2)[C@@H]3CO)cc1. The summed E-state index contributed by atoms with van der Waals surface area (Å²) < 4.78 is 5.16. The number of carbonyl (C=O) groups excluding carboxylic acids is 2. The molecule has 3 atom stereocenters. The summed E-state index contributed by atoms with van der Waals surface area (Å²) in [6, 6.07) is 24.6. The van der Waals surface area contributed by atoms with Crippen LogP contribution in [0.1, 0.15) is 22.6 Å². The molecular formula is C29H29N3O4. The summed E-state index contributed by atoms with van der Waals surface area (Å²) >= 11 is 0. The molecule has 0 bridgehead atoms. The maximum Gasteiger partial charge on any atom is 0.322 e. The molecule has 5 rings (SSSR count). The Balaban J connectivity index is 1.28. The Morgan fingerprint density at radius 1 is 1.00 bits per heavy atom. The number of benzene rings is 3. The smallest absolute Gasteiger partial charge is 0.322 e. The van der Waals surface area contributed by atoms with Crippen molar-refractivity contribution in [3.63, 3.8) is 0 Å². The number of carbonyl (C=O) groups is 2. The monoisotopic (exact) mass is 483 g/mol. The number of ether oxygens (including phenoxy) is 1. The van der Waals surface area contributed by atoms with Gasteiger partial charge in [-0.1, -0.05) is 66.7 Å². The second-order valence-electron chi connectivity index (χ2n) is 9.09. The van der Waals surface area contributed by atoms with Crippen LogP contribution >= 0.6 is 0 Å². The van der Waals surface area contributed by atoms with E-state index in [-0.39, 0.29) is 43.1 Å². The summed E-state index contributed by atoms with van der Waals surface area (Å²) in [5.74, 6) is 0.516. The predicted molar refractivity (Wildman–Crippen MR) is 140 cm³/mol. The third-order valence-corrected chi connectivity index (χ3v) is 6.97. The summed E-state index contributed by atoms with van der Waals surface area (Å²) in [5, 5.41) is 12.9. The molecule has 2 aliphatic heterocycles. The number of piperazine rings is 1. The number of hydrogen-bond donors (Lipinski definition) is 2. The maximum absolute atomic E-state index is 12.9. The molecule has 3 aromatic carbocycles. The first-order valence-corrected chi connectivity index (χ1v) is 12.0. The molecule has 7 nitrogen and oxygen atoms in total. The molecule has 0 saturated carbocycles. The van der Waals surface area contributed by atoms with Crippen LogP contribution in [-0.2, 0) is 4.79 Å². The first kappa shape index (κ1) is 23.6. The molecule has 3 aromatic rings. The van der Waals surface area contributed by atoms with Crippen LogP contribution in [0.25, 0.3) is 12.2 Å². The highest BCUT2D eigenvalue weighted by atomic mass is 16.5. The molecule has 0 unspecified atom stereocenters. The fourth-order valence-corrected chi connectivity index (χ4v) is 5.12. The van der Waals surface area contributed by atoms with E-state index in [2.05, 4.69) is 41.7 Å². The number of aliphatic hydroxyl groups is 1. The molecule has 36 heavy (non-hydrogen) atoms. The predicted octanol–water partition coefficient (Wildman–Crippen LogP) is 4.07. The Bertz CT molecular complexity index is 1240. The van der Waals surface area contributed by atoms with Crippen LogP contribution in [0, 0.1) is 0 Å². The number of fused-ring (bicyclic) bond motifs is 1. The number of urea groups is 1. The molecule has 0 aromatic heterocycles. The number of nitrogens with one attached hydrogen (secondary N) is 1. The van der Waals surface area contributed by atoms with Crippen LogP contribution in [0.3, 0.4) is 0 Å². The van der Waals surface area contributed by atoms with Crippen LogP contribution in [0.15, 0.2) is 78.9 Å². The Kier molecular flexibility index (Phi) is 6.73. The molecule has 3 amide bonds. The second kappa shape index (κ2) is 10.3. The Labute approximate surface area is 210 Å². The van der Waals surface area contributed by atoms with Crippen molar-refractivity contribution in [2.45, 2.75) is 18.0 Å². The molecule has 2 saturated heterocycles. The largest absolute Gasteiger partial charge is 0.497 e. The number of amides is 3. The van der Waals surface area contributed by atoms with Crippen LogP contribution < -0.4 is 10.1 Å². The van der Waals surface area contributed by atoms with Crippen molar-refractivity contribution < 1.29 is 19.4 Å². The van der Waals surface area contributed by atoms with Gasteiger partial charge < -0.3 is 25.0 Å². The first-order valence-electron chi connectivity index (χ1n) is 12.0. The lowest BCUT2D eigenvalue weighted by molar-refractivity contribution is -0.159. The quantitative estimate of drug-likeness (QED) is 0.518. The number of hydrogen-bond acceptors (Lipinski definition) is 4. The average molecular weight is 484 g/mol. The van der Waals surface area contributed by atoms with E-state index in [1.807, 2.05) is 30.3 Å². The van der Waals surface area contributed by atoms with Crippen molar-refractivity contribution in [3.8, 4) is 5.75 Å². The topological polar surface area (TPSA) is 82.1 Å². The molecule has 7 heteroatoms. The Morgan fingerprint density at radius 3 is 2.31 bits per heavy atom. The van der Waals surface area contributed by atoms with Crippen molar-refractivity contribution in [1.82, 2.24) is 9.80 Å². The molecule has 2 N–H and O–H groups in total. The van der Waals surface area contributed by atoms with E-state index in [9.17, 15) is 14.7 Å². The van der Waals surface area contributed by atoms with Crippen molar-refractivity contribution in [3.05, 3.63) is 95.6 Å². The van der Waals surface area contributed by atoms with E-state index in [0.29, 0.717) is 18.0 Å². The second-order valence-corrected chi connectivity index (χ2v) is 9.09. The number of anilines is 1. The minimum Gasteiger partial charge on any atom is -0.497 e. The highest BCUT2D eigenvalue weighted by Crippen LogP contribution is 2.43. The van der Waals surface area contributed by atoms with Crippen molar-refractivity contribution >= 4 is 29.8 Å². The Hall–Kier alpha value is -4.10. The molecule has 0 spiro atoms. The van der Waals surface area contributed by atoms with E-state index >= 15 is 0 Å². The van der Waals surface area contributed by atoms with Crippen LogP contribution in [-0.4, -0.2) is 65.7 Å². The lowest BCUT2D eigenvalue weighted by Gasteiger charge is -2.58. The molecule has 0 aliphatic carbocycles. The van der Waals surface area contributed by atoms with Crippen molar-refractivity contribution in [2.75, 3.05) is 32.1 Å². The number of methoxy groups -OCH3 is 1. The van der Waals surface area contributed by atoms with Crippen molar-refractivity contribution in [1.29, 1.82) is 0 Å². The first-order chi connectivity index (χ1) is 17.6. The van der Waals surface area contributed by atoms with Crippen LogP contribution in [0.5, 0.6) is 5.75 Å². The third kappa shape index (κ3) is 4.70. The number of nitrogens with zero attached hydrogens (tertiary/aromatic N) is 2. The minimum atomic E-state index is -0.319. The third-order valence-electron chi connectivity index (χ3n) is 6.97. The molecular weight excluding hydrogens is 454 g/mol. The van der Waals surface area contributed by atoms with Gasteiger partial charge in [0.2, 0.25) is 5.91 Å². The van der Waals surface area contributed by atoms with E-state index in [4.69, 9.17) is 4.74 Å². The maximum atomic E-state index is 12.9. The number of rotatable bonds is 6. The normalized spacial score (nSPS) is 21.2. The van der Waals surface area contributed by atoms with Gasteiger partial charge in [0.05, 0.1) is 25.8 Å². The molecule has 0 radical (unpaired) electrons. The zero-order valence-corrected chi connectivity index (χ0v) is 20.1. The number of aliphatic hydroxyl groups excluding tert-OH is 1. The average Bonchev–Trinajstić information content (AvgIpc) is 2.90. The van der Waals surface area contributed by atoms with Gasteiger partial charge in [-0.3, -0.25) is 4.79 Å². The van der Waals surface area contributed by atoms with Gasteiger partial charge >= 0.3 is 6.03 Å². The van der Waals surface area contributed by atoms with Gasteiger partial charge in [-0.25, -0.2) is 4.79 Å². The molecule has 184 valence electrons. The highest BCUT2D eigenvalue weighted by Gasteiger charge is 2.54. The van der Waals surface area contributed by atoms with Gasteiger partial charge in [0, 0.05) is 18.2 Å². The van der Waals surface area contributed by atoms with Crippen LogP contribution in [0.4, 0.5) is 10.5 Å². The minimum absolute atomic E-state index is 0.00900. The summed E-state index contributed by atoms with van der Waals surface area (Å²) in [7, 11) is 1.59. The van der Waals surface area contributed by atoms with Crippen LogP contribution in [0.2, 0.25) is 0 Å². The fraction of sp³-hybridized carbons (Fsp3) is 0.241. The summed E-state index contributed by atoms with van der Waals surface area (Å²) in [6.45, 7) is 0.288. The lowest BCUT2D eigenvalue weighted by Crippen LogP contribution is -2.73. The Morgan fingerprint density at radius 2 is 1.67 bits per heavy atom. The highest BCUT2D eigenvalue weighted by molar-refractivity contribution is 5.93. The molecule has 2 fully saturated rings. The standard InChI is InChI=1S/C29H29N3O4/c1-36-24-15-13-23(14-16-24)30-29(35)31-17-25-28(26(19-33)32(25)27(34)18-31)22-11-9-21(10-12-22)8-7-20-5-3-2-4-6-20/h2-16,25-26,28,33H,17-19H2,1H3,(H,30,35)/b8-7+/t25-,26+,28-/m1/s1. The van der Waals surface area contributed by atoms with Gasteiger partial charge in [-0.05, 0) is 41.0 Å². The fourth-order valence-electron chi connectivity index (χ4n) is 5.12. The summed E-state index contributed by atoms with van der Waals surface area (Å²) in [4.78, 5) is 29.1. The lowest BCUT2D eigenvalue weighted by atomic mass is 9.73. The van der Waals surface area contributed by atoms with Crippen molar-refractivity contribution in [2.24, 2.45) is 0 Å². The van der Waals surface area contributed by atoms with E-state index < -0.39 is 0 Å². The van der Waals surface area contributed by atoms with E-state index in [1.165, 1.54) is 0 Å². The zero-order chi connectivity index (χ0) is 25.1. The van der Waals surface area contributed by atoms with E-state index in [0.717, 1.165) is 16.7 Å². The molecule has 2 heterocycles. The zero-order valence-electron chi connectivity index (χ0n) is 20.1. The van der Waals surface area contributed by atoms with Gasteiger partial charge in [0.15, 0.2) is 0 Å². The van der Waals surface area contributed by atoms with E-state index in [1.54, 1.807) is 41.2 Å². The summed E-state index contributed by atoms with van der Waals surface area (Å²) in [5.41, 5.74) is 3.88. The van der Waals surface area contributed by atoms with Gasteiger partial charge in [-0.15, -0.1) is 0 Å². The summed E-state index contributed by atoms with van der Waals surface area (Å²) in [6.07, 6.45) is 4.13. The van der Waals surface area contributed by atoms with Gasteiger partial charge in [-0.2, -0.15) is 0 Å².